The van der Waals surface area contributed by atoms with Crippen molar-refractivity contribution in [1.82, 2.24) is 15.5 Å². The summed E-state index contributed by atoms with van der Waals surface area (Å²) in [5.74, 6) is 1.51. The normalized spacial score (nSPS) is 10.5. The second kappa shape index (κ2) is 8.39. The van der Waals surface area contributed by atoms with Crippen LogP contribution in [0.1, 0.15) is 15.9 Å². The lowest BCUT2D eigenvalue weighted by Gasteiger charge is -2.09. The average molecular weight is 385 g/mol. The highest BCUT2D eigenvalue weighted by Gasteiger charge is 2.12. The molecular weight excluding hydrogens is 366 g/mol. The standard InChI is InChI=1S/C23H19N3O3/c1-28-20-10-6-5-9-19(20)15-24-22(27)17-11-13-18(14-12-17)23-25-21(26-29-23)16-7-3-2-4-8-16/h2-14H,15H2,1H3,(H,24,27). The number of methoxy groups -OCH3 is 1. The van der Waals surface area contributed by atoms with E-state index < -0.39 is 0 Å². The van der Waals surface area contributed by atoms with E-state index in [1.165, 1.54) is 0 Å². The zero-order valence-electron chi connectivity index (χ0n) is 15.8. The Morgan fingerprint density at radius 3 is 2.41 bits per heavy atom. The van der Waals surface area contributed by atoms with Gasteiger partial charge in [-0.3, -0.25) is 4.79 Å². The third-order valence-corrected chi connectivity index (χ3v) is 4.48. The smallest absolute Gasteiger partial charge is 0.258 e. The number of carbonyl (C=O) groups is 1. The fourth-order valence-corrected chi connectivity index (χ4v) is 2.94. The molecule has 29 heavy (non-hydrogen) atoms. The van der Waals surface area contributed by atoms with Gasteiger partial charge in [0.2, 0.25) is 5.82 Å². The van der Waals surface area contributed by atoms with Crippen molar-refractivity contribution in [2.24, 2.45) is 0 Å². The number of aromatic nitrogens is 2. The first kappa shape index (κ1) is 18.4. The molecule has 0 aliphatic rings. The Hall–Kier alpha value is -3.93. The summed E-state index contributed by atoms with van der Waals surface area (Å²) in [6, 6.07) is 24.3. The minimum atomic E-state index is -0.169. The molecule has 0 fully saturated rings. The fraction of sp³-hybridized carbons (Fsp3) is 0.0870. The first-order chi connectivity index (χ1) is 14.2. The third-order valence-electron chi connectivity index (χ3n) is 4.48. The van der Waals surface area contributed by atoms with Crippen molar-refractivity contribution in [3.63, 3.8) is 0 Å². The van der Waals surface area contributed by atoms with Gasteiger partial charge in [0.25, 0.3) is 11.8 Å². The highest BCUT2D eigenvalue weighted by Crippen LogP contribution is 2.22. The van der Waals surface area contributed by atoms with E-state index in [-0.39, 0.29) is 5.91 Å². The summed E-state index contributed by atoms with van der Waals surface area (Å²) < 4.78 is 10.7. The molecule has 6 heteroatoms. The molecule has 0 aliphatic heterocycles. The lowest BCUT2D eigenvalue weighted by molar-refractivity contribution is 0.0950. The summed E-state index contributed by atoms with van der Waals surface area (Å²) in [6.07, 6.45) is 0. The van der Waals surface area contributed by atoms with Crippen LogP contribution in [0.25, 0.3) is 22.8 Å². The first-order valence-electron chi connectivity index (χ1n) is 9.14. The quantitative estimate of drug-likeness (QED) is 0.534. The number of nitrogens with zero attached hydrogens (tertiary/aromatic N) is 2. The van der Waals surface area contributed by atoms with Gasteiger partial charge in [-0.25, -0.2) is 0 Å². The van der Waals surface area contributed by atoms with Crippen LogP contribution in [0.3, 0.4) is 0 Å². The van der Waals surface area contributed by atoms with Crippen LogP contribution in [0.2, 0.25) is 0 Å². The highest BCUT2D eigenvalue weighted by molar-refractivity contribution is 5.94. The molecule has 4 rings (SSSR count). The lowest BCUT2D eigenvalue weighted by atomic mass is 10.1. The van der Waals surface area contributed by atoms with E-state index >= 15 is 0 Å². The van der Waals surface area contributed by atoms with Gasteiger partial charge < -0.3 is 14.6 Å². The highest BCUT2D eigenvalue weighted by atomic mass is 16.5. The van der Waals surface area contributed by atoms with Crippen LogP contribution in [0, 0.1) is 0 Å². The van der Waals surface area contributed by atoms with Gasteiger partial charge in [-0.2, -0.15) is 4.98 Å². The Labute approximate surface area is 168 Å². The molecule has 1 heterocycles. The van der Waals surface area contributed by atoms with Crippen LogP contribution in [0.15, 0.2) is 83.4 Å². The molecule has 3 aromatic carbocycles. The van der Waals surface area contributed by atoms with Crippen LogP contribution in [-0.2, 0) is 6.54 Å². The molecule has 1 N–H and O–H groups in total. The second-order valence-electron chi connectivity index (χ2n) is 6.36. The Balaban J connectivity index is 1.44. The van der Waals surface area contributed by atoms with E-state index in [4.69, 9.17) is 9.26 Å². The maximum Gasteiger partial charge on any atom is 0.258 e. The summed E-state index contributed by atoms with van der Waals surface area (Å²) in [6.45, 7) is 0.384. The lowest BCUT2D eigenvalue weighted by Crippen LogP contribution is -2.22. The predicted octanol–water partition coefficient (Wildman–Crippen LogP) is 4.34. The summed E-state index contributed by atoms with van der Waals surface area (Å²) in [5.41, 5.74) is 3.10. The molecule has 0 saturated heterocycles. The monoisotopic (exact) mass is 385 g/mol. The molecule has 0 spiro atoms. The van der Waals surface area contributed by atoms with Crippen LogP contribution < -0.4 is 10.1 Å². The van der Waals surface area contributed by atoms with Gasteiger partial charge in [-0.1, -0.05) is 53.7 Å². The van der Waals surface area contributed by atoms with Gasteiger partial charge in [0.15, 0.2) is 0 Å². The molecule has 0 bridgehead atoms. The number of benzene rings is 3. The van der Waals surface area contributed by atoms with E-state index in [0.717, 1.165) is 22.4 Å². The van der Waals surface area contributed by atoms with Gasteiger partial charge in [-0.15, -0.1) is 0 Å². The van der Waals surface area contributed by atoms with E-state index in [0.29, 0.717) is 23.8 Å². The van der Waals surface area contributed by atoms with Gasteiger partial charge in [0, 0.05) is 28.8 Å². The number of hydrogen-bond donors (Lipinski definition) is 1. The Morgan fingerprint density at radius 1 is 0.931 bits per heavy atom. The van der Waals surface area contributed by atoms with Crippen molar-refractivity contribution in [3.05, 3.63) is 90.0 Å². The van der Waals surface area contributed by atoms with Gasteiger partial charge in [0.1, 0.15) is 5.75 Å². The van der Waals surface area contributed by atoms with Gasteiger partial charge >= 0.3 is 0 Å². The van der Waals surface area contributed by atoms with Crippen LogP contribution in [0.4, 0.5) is 0 Å². The van der Waals surface area contributed by atoms with Crippen molar-refractivity contribution >= 4 is 5.91 Å². The SMILES string of the molecule is COc1ccccc1CNC(=O)c1ccc(-c2nc(-c3ccccc3)no2)cc1. The molecule has 0 radical (unpaired) electrons. The van der Waals surface area contributed by atoms with Crippen LogP contribution in [-0.4, -0.2) is 23.2 Å². The molecule has 1 amide bonds. The number of hydrogen-bond acceptors (Lipinski definition) is 5. The van der Waals surface area contributed by atoms with Crippen molar-refractivity contribution in [1.29, 1.82) is 0 Å². The number of para-hydroxylation sites is 1. The topological polar surface area (TPSA) is 77.2 Å². The van der Waals surface area contributed by atoms with Crippen molar-refractivity contribution < 1.29 is 14.1 Å². The molecular formula is C23H19N3O3. The van der Waals surface area contributed by atoms with Crippen LogP contribution >= 0.6 is 0 Å². The predicted molar refractivity (Wildman–Crippen MR) is 109 cm³/mol. The van der Waals surface area contributed by atoms with Crippen molar-refractivity contribution in [3.8, 4) is 28.6 Å². The minimum Gasteiger partial charge on any atom is -0.496 e. The molecule has 0 atom stereocenters. The van der Waals surface area contributed by atoms with Gasteiger partial charge in [0.05, 0.1) is 7.11 Å². The third kappa shape index (κ3) is 4.16. The van der Waals surface area contributed by atoms with E-state index in [9.17, 15) is 4.79 Å². The minimum absolute atomic E-state index is 0.169. The number of amides is 1. The van der Waals surface area contributed by atoms with E-state index in [1.807, 2.05) is 54.6 Å². The molecule has 0 unspecified atom stereocenters. The van der Waals surface area contributed by atoms with Crippen molar-refractivity contribution in [2.45, 2.75) is 6.54 Å². The number of ether oxygens (including phenoxy) is 1. The maximum atomic E-state index is 12.5. The summed E-state index contributed by atoms with van der Waals surface area (Å²) >= 11 is 0. The molecule has 0 aliphatic carbocycles. The van der Waals surface area contributed by atoms with E-state index in [1.54, 1.807) is 31.4 Å². The Morgan fingerprint density at radius 2 is 1.66 bits per heavy atom. The van der Waals surface area contributed by atoms with Gasteiger partial charge in [-0.05, 0) is 30.3 Å². The largest absolute Gasteiger partial charge is 0.496 e. The Kier molecular flexibility index (Phi) is 5.33. The molecule has 144 valence electrons. The second-order valence-corrected chi connectivity index (χ2v) is 6.36. The summed E-state index contributed by atoms with van der Waals surface area (Å²) in [5, 5.41) is 6.93. The average Bonchev–Trinajstić information content (AvgIpc) is 3.29. The summed E-state index contributed by atoms with van der Waals surface area (Å²) in [4.78, 5) is 16.9. The molecule has 1 aromatic heterocycles. The zero-order chi connectivity index (χ0) is 20.1. The zero-order valence-corrected chi connectivity index (χ0v) is 15.8. The molecule has 4 aromatic rings. The first-order valence-corrected chi connectivity index (χ1v) is 9.14. The number of rotatable bonds is 6. The fourth-order valence-electron chi connectivity index (χ4n) is 2.94. The number of carbonyl (C=O) groups excluding carboxylic acids is 1. The maximum absolute atomic E-state index is 12.5. The summed E-state index contributed by atoms with van der Waals surface area (Å²) in [7, 11) is 1.61. The molecule has 0 saturated carbocycles. The van der Waals surface area contributed by atoms with Crippen LogP contribution in [0.5, 0.6) is 5.75 Å². The Bertz CT molecular complexity index is 1110. The van der Waals surface area contributed by atoms with E-state index in [2.05, 4.69) is 15.5 Å². The molecule has 6 nitrogen and oxygen atoms in total. The number of nitrogens with one attached hydrogen (secondary N) is 1. The van der Waals surface area contributed by atoms with Crippen molar-refractivity contribution in [2.75, 3.05) is 7.11 Å².